The minimum Gasteiger partial charge on any atom is -0.479 e. The average molecular weight is 574 g/mol. The molecule has 42 heavy (non-hydrogen) atoms. The van der Waals surface area contributed by atoms with Crippen LogP contribution in [0.2, 0.25) is 0 Å². The van der Waals surface area contributed by atoms with Gasteiger partial charge in [0.15, 0.2) is 6.10 Å². The lowest BCUT2D eigenvalue weighted by atomic mass is 9.81. The summed E-state index contributed by atoms with van der Waals surface area (Å²) in [6.45, 7) is 20.8. The Morgan fingerprint density at radius 1 is 1.10 bits per heavy atom. The second-order valence-corrected chi connectivity index (χ2v) is 13.9. The van der Waals surface area contributed by atoms with Gasteiger partial charge in [0.1, 0.15) is 0 Å². The molecule has 0 amide bonds. The average Bonchev–Trinajstić information content (AvgIpc) is 3.30. The summed E-state index contributed by atoms with van der Waals surface area (Å²) in [6, 6.07) is 6.76. The molecule has 1 fully saturated rings. The number of piperidine rings is 1. The number of benzene rings is 1. The number of ether oxygens (including phenoxy) is 1. The van der Waals surface area contributed by atoms with Gasteiger partial charge in [-0.2, -0.15) is 0 Å². The lowest BCUT2D eigenvalue weighted by Gasteiger charge is -2.41. The Balaban J connectivity index is 1.59. The monoisotopic (exact) mass is 573 g/mol. The quantitative estimate of drug-likeness (QED) is 0.332. The van der Waals surface area contributed by atoms with Gasteiger partial charge < -0.3 is 19.7 Å². The summed E-state index contributed by atoms with van der Waals surface area (Å²) < 4.78 is 6.24. The SMILES string of the molecule is Cc1nc(C)c(C(OC(C)(C)C)C(=O)O)c(N2CCC(C)(C)CC2)c1-c1ccc2c(c1)CCN(Cc1nc[nH]c1C)C2. The van der Waals surface area contributed by atoms with Crippen molar-refractivity contribution in [2.45, 2.75) is 99.4 Å². The summed E-state index contributed by atoms with van der Waals surface area (Å²) >= 11 is 0. The predicted molar refractivity (Wildman–Crippen MR) is 167 cm³/mol. The van der Waals surface area contributed by atoms with E-state index in [2.05, 4.69) is 65.7 Å². The maximum atomic E-state index is 12.8. The number of aliphatic carboxylic acids is 1. The zero-order valence-electron chi connectivity index (χ0n) is 26.6. The second kappa shape index (κ2) is 11.5. The van der Waals surface area contributed by atoms with E-state index in [1.165, 1.54) is 11.1 Å². The van der Waals surface area contributed by atoms with E-state index in [1.54, 1.807) is 6.33 Å². The largest absolute Gasteiger partial charge is 0.479 e. The highest BCUT2D eigenvalue weighted by molar-refractivity contribution is 5.88. The number of anilines is 1. The first-order chi connectivity index (χ1) is 19.7. The van der Waals surface area contributed by atoms with Gasteiger partial charge in [-0.25, -0.2) is 9.78 Å². The number of nitrogens with one attached hydrogen (secondary N) is 1. The molecule has 2 aliphatic rings. The first-order valence-electron chi connectivity index (χ1n) is 15.2. The molecule has 3 aromatic rings. The van der Waals surface area contributed by atoms with Crippen molar-refractivity contribution in [3.05, 3.63) is 64.0 Å². The summed E-state index contributed by atoms with van der Waals surface area (Å²) in [5.41, 5.74) is 9.93. The lowest BCUT2D eigenvalue weighted by Crippen LogP contribution is -2.39. The van der Waals surface area contributed by atoms with Gasteiger partial charge in [-0.3, -0.25) is 9.88 Å². The van der Waals surface area contributed by atoms with E-state index in [-0.39, 0.29) is 5.41 Å². The summed E-state index contributed by atoms with van der Waals surface area (Å²) in [5, 5.41) is 10.5. The number of carboxylic acids is 1. The molecule has 1 atom stereocenters. The van der Waals surface area contributed by atoms with Crippen LogP contribution in [0.3, 0.4) is 0 Å². The second-order valence-electron chi connectivity index (χ2n) is 13.9. The Morgan fingerprint density at radius 2 is 1.81 bits per heavy atom. The number of aryl methyl sites for hydroxylation is 3. The van der Waals surface area contributed by atoms with Crippen LogP contribution >= 0.6 is 0 Å². The number of rotatable bonds is 7. The van der Waals surface area contributed by atoms with Crippen LogP contribution in [0.25, 0.3) is 11.1 Å². The van der Waals surface area contributed by atoms with E-state index in [1.807, 2.05) is 27.7 Å². The van der Waals surface area contributed by atoms with Gasteiger partial charge in [0, 0.05) is 60.9 Å². The van der Waals surface area contributed by atoms with E-state index in [0.717, 1.165) is 91.6 Å². The molecule has 8 heteroatoms. The Bertz CT molecular complexity index is 1460. The Morgan fingerprint density at radius 3 is 2.43 bits per heavy atom. The summed E-state index contributed by atoms with van der Waals surface area (Å²) in [4.78, 5) is 30.3. The topological polar surface area (TPSA) is 94.6 Å². The summed E-state index contributed by atoms with van der Waals surface area (Å²) in [7, 11) is 0. The van der Waals surface area contributed by atoms with E-state index in [0.29, 0.717) is 5.56 Å². The van der Waals surface area contributed by atoms with Crippen LogP contribution in [0.15, 0.2) is 24.5 Å². The molecule has 8 nitrogen and oxygen atoms in total. The molecule has 1 unspecified atom stereocenters. The maximum absolute atomic E-state index is 12.8. The minimum atomic E-state index is -1.11. The van der Waals surface area contributed by atoms with Gasteiger partial charge in [0.25, 0.3) is 0 Å². The number of hydrogen-bond acceptors (Lipinski definition) is 6. The number of aromatic nitrogens is 3. The molecule has 2 N–H and O–H groups in total. The highest BCUT2D eigenvalue weighted by Crippen LogP contribution is 2.45. The maximum Gasteiger partial charge on any atom is 0.337 e. The van der Waals surface area contributed by atoms with Crippen molar-refractivity contribution in [1.82, 2.24) is 19.9 Å². The molecule has 0 aliphatic carbocycles. The Labute approximate surface area is 250 Å². The van der Waals surface area contributed by atoms with Gasteiger partial charge in [-0.1, -0.05) is 32.0 Å². The molecular formula is C34H47N5O3. The highest BCUT2D eigenvalue weighted by atomic mass is 16.5. The van der Waals surface area contributed by atoms with Gasteiger partial charge >= 0.3 is 5.97 Å². The number of imidazole rings is 1. The zero-order valence-corrected chi connectivity index (χ0v) is 26.6. The van der Waals surface area contributed by atoms with Gasteiger partial charge in [0.05, 0.1) is 23.3 Å². The van der Waals surface area contributed by atoms with E-state index >= 15 is 0 Å². The van der Waals surface area contributed by atoms with Gasteiger partial charge in [-0.15, -0.1) is 0 Å². The van der Waals surface area contributed by atoms with Crippen molar-refractivity contribution in [2.24, 2.45) is 5.41 Å². The molecule has 226 valence electrons. The molecule has 2 aromatic heterocycles. The number of aromatic amines is 1. The third kappa shape index (κ3) is 6.40. The van der Waals surface area contributed by atoms with Crippen LogP contribution in [0.5, 0.6) is 0 Å². The smallest absolute Gasteiger partial charge is 0.337 e. The molecule has 0 radical (unpaired) electrons. The van der Waals surface area contributed by atoms with E-state index in [9.17, 15) is 9.90 Å². The fourth-order valence-corrected chi connectivity index (χ4v) is 6.42. The Hall–Kier alpha value is -3.23. The first kappa shape index (κ1) is 30.2. The van der Waals surface area contributed by atoms with Crippen LogP contribution < -0.4 is 4.90 Å². The van der Waals surface area contributed by atoms with Crippen LogP contribution in [0, 0.1) is 26.2 Å². The van der Waals surface area contributed by atoms with Crippen molar-refractivity contribution in [2.75, 3.05) is 24.5 Å². The van der Waals surface area contributed by atoms with Crippen LogP contribution in [0.1, 0.15) is 93.0 Å². The van der Waals surface area contributed by atoms with E-state index in [4.69, 9.17) is 9.72 Å². The molecule has 0 saturated carbocycles. The first-order valence-corrected chi connectivity index (χ1v) is 15.2. The number of hydrogen-bond donors (Lipinski definition) is 2. The van der Waals surface area contributed by atoms with Crippen LogP contribution in [-0.2, 0) is 29.0 Å². The minimum absolute atomic E-state index is 0.258. The number of carbonyl (C=O) groups is 1. The molecule has 2 aliphatic heterocycles. The molecule has 0 bridgehead atoms. The standard InChI is InChI=1S/C34H47N5O3/c1-21-27(36-20-35-21)19-38-14-11-24-17-25(9-10-26(24)18-38)28-22(2)37-23(3)29(31(32(40)41)42-33(4,5)6)30(28)39-15-12-34(7,8)13-16-39/h9-10,17,20,31H,11-16,18-19H2,1-8H3,(H,35,36)(H,40,41). The lowest BCUT2D eigenvalue weighted by molar-refractivity contribution is -0.160. The van der Waals surface area contributed by atoms with Crippen molar-refractivity contribution in [3.63, 3.8) is 0 Å². The van der Waals surface area contributed by atoms with E-state index < -0.39 is 17.7 Å². The predicted octanol–water partition coefficient (Wildman–Crippen LogP) is 6.52. The molecule has 1 saturated heterocycles. The summed E-state index contributed by atoms with van der Waals surface area (Å²) in [5.74, 6) is -0.985. The zero-order chi connectivity index (χ0) is 30.4. The molecule has 5 rings (SSSR count). The molecular weight excluding hydrogens is 526 g/mol. The normalized spacial score (nSPS) is 18.1. The van der Waals surface area contributed by atoms with Crippen molar-refractivity contribution < 1.29 is 14.6 Å². The molecule has 0 spiro atoms. The molecule has 4 heterocycles. The number of nitrogens with zero attached hydrogens (tertiary/aromatic N) is 4. The number of fused-ring (bicyclic) bond motifs is 1. The fraction of sp³-hybridized carbons (Fsp3) is 0.559. The van der Waals surface area contributed by atoms with Crippen molar-refractivity contribution >= 4 is 11.7 Å². The van der Waals surface area contributed by atoms with Crippen LogP contribution in [-0.4, -0.2) is 56.2 Å². The highest BCUT2D eigenvalue weighted by Gasteiger charge is 2.36. The Kier molecular flexibility index (Phi) is 8.25. The van der Waals surface area contributed by atoms with Gasteiger partial charge in [-0.05, 0) is 82.9 Å². The fourth-order valence-electron chi connectivity index (χ4n) is 6.42. The third-order valence-electron chi connectivity index (χ3n) is 8.86. The molecule has 1 aromatic carbocycles. The third-order valence-corrected chi connectivity index (χ3v) is 8.86. The van der Waals surface area contributed by atoms with Gasteiger partial charge in [0.2, 0.25) is 0 Å². The van der Waals surface area contributed by atoms with Crippen molar-refractivity contribution in [1.29, 1.82) is 0 Å². The summed E-state index contributed by atoms with van der Waals surface area (Å²) in [6.07, 6.45) is 3.69. The van der Waals surface area contributed by atoms with Crippen molar-refractivity contribution in [3.8, 4) is 11.1 Å². The number of carboxylic acid groups (broad SMARTS) is 1. The van der Waals surface area contributed by atoms with Crippen LogP contribution in [0.4, 0.5) is 5.69 Å². The number of pyridine rings is 1. The number of H-pyrrole nitrogens is 1.